The van der Waals surface area contributed by atoms with Gasteiger partial charge in [0.25, 0.3) is 0 Å². The third-order valence-corrected chi connectivity index (χ3v) is 2.53. The maximum absolute atomic E-state index is 11.5. The number of benzene rings is 1. The molecule has 0 spiro atoms. The molecular formula is C15H22N2O5. The van der Waals surface area contributed by atoms with Crippen molar-refractivity contribution in [1.29, 1.82) is 0 Å². The molecule has 22 heavy (non-hydrogen) atoms. The quantitative estimate of drug-likeness (QED) is 0.535. The number of para-hydroxylation sites is 2. The van der Waals surface area contributed by atoms with Gasteiger partial charge in [-0.25, -0.2) is 4.79 Å². The molecule has 0 saturated heterocycles. The van der Waals surface area contributed by atoms with Crippen LogP contribution in [0.1, 0.15) is 20.3 Å². The van der Waals surface area contributed by atoms with E-state index in [0.717, 1.165) is 0 Å². The van der Waals surface area contributed by atoms with E-state index in [4.69, 9.17) is 14.2 Å². The van der Waals surface area contributed by atoms with Crippen LogP contribution in [0.4, 0.5) is 4.79 Å². The average molecular weight is 310 g/mol. The van der Waals surface area contributed by atoms with Gasteiger partial charge in [0.15, 0.2) is 18.2 Å². The fraction of sp³-hybridized carbons (Fsp3) is 0.467. The highest BCUT2D eigenvalue weighted by Crippen LogP contribution is 2.25. The molecule has 0 aliphatic rings. The minimum absolute atomic E-state index is 0.00464. The highest BCUT2D eigenvalue weighted by atomic mass is 16.5. The second kappa shape index (κ2) is 10.3. The van der Waals surface area contributed by atoms with E-state index >= 15 is 0 Å². The van der Waals surface area contributed by atoms with Gasteiger partial charge in [0.1, 0.15) is 0 Å². The molecule has 7 heteroatoms. The first-order valence-electron chi connectivity index (χ1n) is 7.19. The lowest BCUT2D eigenvalue weighted by atomic mass is 10.3. The minimum atomic E-state index is -0.418. The Labute approximate surface area is 129 Å². The van der Waals surface area contributed by atoms with Crippen molar-refractivity contribution >= 4 is 12.0 Å². The highest BCUT2D eigenvalue weighted by Gasteiger charge is 2.06. The first kappa shape index (κ1) is 17.6. The van der Waals surface area contributed by atoms with E-state index in [1.807, 2.05) is 19.1 Å². The Morgan fingerprint density at radius 2 is 1.68 bits per heavy atom. The number of amides is 2. The normalized spacial score (nSPS) is 9.73. The van der Waals surface area contributed by atoms with Gasteiger partial charge in [-0.2, -0.15) is 0 Å². The van der Waals surface area contributed by atoms with Gasteiger partial charge in [-0.1, -0.05) is 12.1 Å². The zero-order chi connectivity index (χ0) is 16.2. The lowest BCUT2D eigenvalue weighted by Crippen LogP contribution is -2.38. The third-order valence-electron chi connectivity index (χ3n) is 2.53. The smallest absolute Gasteiger partial charge is 0.317 e. The fourth-order valence-corrected chi connectivity index (χ4v) is 1.60. The molecular weight excluding hydrogens is 288 g/mol. The van der Waals surface area contributed by atoms with Crippen molar-refractivity contribution in [2.24, 2.45) is 0 Å². The Morgan fingerprint density at radius 1 is 1.00 bits per heavy atom. The van der Waals surface area contributed by atoms with Crippen LogP contribution in [0.25, 0.3) is 0 Å². The number of urea groups is 1. The van der Waals surface area contributed by atoms with Crippen LogP contribution >= 0.6 is 0 Å². The topological polar surface area (TPSA) is 85.9 Å². The van der Waals surface area contributed by atoms with Crippen LogP contribution in [0.15, 0.2) is 24.3 Å². The Balaban J connectivity index is 2.23. The molecule has 0 atom stereocenters. The SMILES string of the molecule is CCOC(=O)CCNC(=O)NCOc1ccccc1OCC. The Bertz CT molecular complexity index is 479. The molecule has 2 N–H and O–H groups in total. The first-order chi connectivity index (χ1) is 10.7. The van der Waals surface area contributed by atoms with Crippen molar-refractivity contribution in [3.8, 4) is 11.5 Å². The molecule has 0 heterocycles. The molecule has 0 bridgehead atoms. The molecule has 7 nitrogen and oxygen atoms in total. The van der Waals surface area contributed by atoms with Gasteiger partial charge in [-0.15, -0.1) is 0 Å². The summed E-state index contributed by atoms with van der Waals surface area (Å²) in [6, 6.07) is 6.78. The van der Waals surface area contributed by atoms with E-state index in [1.165, 1.54) is 0 Å². The molecule has 1 rings (SSSR count). The summed E-state index contributed by atoms with van der Waals surface area (Å²) in [4.78, 5) is 22.6. The summed E-state index contributed by atoms with van der Waals surface area (Å²) in [5.74, 6) is 0.829. The van der Waals surface area contributed by atoms with Gasteiger partial charge in [-0.05, 0) is 26.0 Å². The van der Waals surface area contributed by atoms with Gasteiger partial charge in [0.2, 0.25) is 0 Å². The maximum atomic E-state index is 11.5. The highest BCUT2D eigenvalue weighted by molar-refractivity contribution is 5.75. The zero-order valence-electron chi connectivity index (χ0n) is 12.9. The molecule has 1 aromatic carbocycles. The molecule has 0 unspecified atom stereocenters. The Hall–Kier alpha value is -2.44. The Morgan fingerprint density at radius 3 is 2.32 bits per heavy atom. The van der Waals surface area contributed by atoms with Gasteiger partial charge >= 0.3 is 12.0 Å². The Kier molecular flexibility index (Phi) is 8.25. The first-order valence-corrected chi connectivity index (χ1v) is 7.19. The lowest BCUT2D eigenvalue weighted by molar-refractivity contribution is -0.142. The largest absolute Gasteiger partial charge is 0.490 e. The van der Waals surface area contributed by atoms with Crippen LogP contribution in [0.2, 0.25) is 0 Å². The minimum Gasteiger partial charge on any atom is -0.490 e. The number of hydrogen-bond donors (Lipinski definition) is 2. The van der Waals surface area contributed by atoms with Crippen LogP contribution in [0.3, 0.4) is 0 Å². The monoisotopic (exact) mass is 310 g/mol. The summed E-state index contributed by atoms with van der Waals surface area (Å²) < 4.78 is 15.6. The van der Waals surface area contributed by atoms with Gasteiger partial charge in [0.05, 0.1) is 19.6 Å². The van der Waals surface area contributed by atoms with Crippen LogP contribution in [0.5, 0.6) is 11.5 Å². The standard InChI is InChI=1S/C15H22N2O5/c1-3-20-12-7-5-6-8-13(12)22-11-17-15(19)16-10-9-14(18)21-4-2/h5-8H,3-4,9-11H2,1-2H3,(H2,16,17,19). The molecule has 0 aliphatic carbocycles. The van der Waals surface area contributed by atoms with Gasteiger partial charge in [0, 0.05) is 6.54 Å². The van der Waals surface area contributed by atoms with Crippen LogP contribution < -0.4 is 20.1 Å². The van der Waals surface area contributed by atoms with Crippen LogP contribution in [-0.4, -0.2) is 38.5 Å². The second-order valence-electron chi connectivity index (χ2n) is 4.16. The molecule has 122 valence electrons. The number of carbonyl (C=O) groups is 2. The summed E-state index contributed by atoms with van der Waals surface area (Å²) in [7, 11) is 0. The third kappa shape index (κ3) is 6.83. The van der Waals surface area contributed by atoms with Gasteiger partial charge in [-0.3, -0.25) is 4.79 Å². The number of esters is 1. The van der Waals surface area contributed by atoms with Crippen molar-refractivity contribution < 1.29 is 23.8 Å². The van der Waals surface area contributed by atoms with Crippen molar-refractivity contribution in [3.05, 3.63) is 24.3 Å². The van der Waals surface area contributed by atoms with E-state index in [-0.39, 0.29) is 25.7 Å². The second-order valence-corrected chi connectivity index (χ2v) is 4.16. The van der Waals surface area contributed by atoms with Crippen molar-refractivity contribution in [3.63, 3.8) is 0 Å². The molecule has 2 amide bonds. The average Bonchev–Trinajstić information content (AvgIpc) is 2.49. The lowest BCUT2D eigenvalue weighted by Gasteiger charge is -2.12. The van der Waals surface area contributed by atoms with Crippen molar-refractivity contribution in [1.82, 2.24) is 10.6 Å². The van der Waals surface area contributed by atoms with E-state index in [0.29, 0.717) is 24.7 Å². The van der Waals surface area contributed by atoms with E-state index in [1.54, 1.807) is 19.1 Å². The summed E-state index contributed by atoms with van der Waals surface area (Å²) in [6.07, 6.45) is 0.134. The summed E-state index contributed by atoms with van der Waals surface area (Å²) in [6.45, 7) is 4.68. The predicted molar refractivity (Wildman–Crippen MR) is 80.9 cm³/mol. The predicted octanol–water partition coefficient (Wildman–Crippen LogP) is 1.67. The molecule has 0 aromatic heterocycles. The number of carbonyl (C=O) groups excluding carboxylic acids is 2. The molecule has 1 aromatic rings. The summed E-state index contributed by atoms with van der Waals surface area (Å²) >= 11 is 0. The summed E-state index contributed by atoms with van der Waals surface area (Å²) in [5.41, 5.74) is 0. The zero-order valence-corrected chi connectivity index (χ0v) is 12.9. The van der Waals surface area contributed by atoms with Crippen LogP contribution in [0, 0.1) is 0 Å². The van der Waals surface area contributed by atoms with E-state index in [2.05, 4.69) is 10.6 Å². The number of rotatable bonds is 9. The fourth-order valence-electron chi connectivity index (χ4n) is 1.60. The van der Waals surface area contributed by atoms with E-state index in [9.17, 15) is 9.59 Å². The van der Waals surface area contributed by atoms with Crippen LogP contribution in [-0.2, 0) is 9.53 Å². The maximum Gasteiger partial charge on any atom is 0.317 e. The van der Waals surface area contributed by atoms with E-state index < -0.39 is 6.03 Å². The molecule has 0 aliphatic heterocycles. The van der Waals surface area contributed by atoms with Crippen molar-refractivity contribution in [2.75, 3.05) is 26.5 Å². The number of ether oxygens (including phenoxy) is 3. The molecule has 0 saturated carbocycles. The molecule has 0 radical (unpaired) electrons. The molecule has 0 fully saturated rings. The number of hydrogen-bond acceptors (Lipinski definition) is 5. The number of nitrogens with one attached hydrogen (secondary N) is 2. The summed E-state index contributed by atoms with van der Waals surface area (Å²) in [5, 5.41) is 5.06. The van der Waals surface area contributed by atoms with Gasteiger partial charge < -0.3 is 24.8 Å². The van der Waals surface area contributed by atoms with Crippen molar-refractivity contribution in [2.45, 2.75) is 20.3 Å².